The first-order valence-electron chi connectivity index (χ1n) is 3.29. The molecule has 0 spiro atoms. The van der Waals surface area contributed by atoms with Gasteiger partial charge in [-0.25, -0.2) is 4.39 Å². The van der Waals surface area contributed by atoms with E-state index in [0.29, 0.717) is 17.1 Å². The first-order valence-corrected chi connectivity index (χ1v) is 3.67. The maximum Gasteiger partial charge on any atom is 0.133 e. The average molecular weight is 174 g/mol. The maximum absolute atomic E-state index is 12.9. The van der Waals surface area contributed by atoms with E-state index in [-0.39, 0.29) is 5.82 Å². The summed E-state index contributed by atoms with van der Waals surface area (Å²) in [6, 6.07) is 4.65. The van der Waals surface area contributed by atoms with E-state index in [2.05, 4.69) is 7.05 Å². The zero-order valence-electron chi connectivity index (χ0n) is 5.98. The van der Waals surface area contributed by atoms with Gasteiger partial charge in [-0.05, 0) is 12.1 Å². The lowest BCUT2D eigenvalue weighted by Gasteiger charge is -2.03. The van der Waals surface area contributed by atoms with E-state index in [1.807, 2.05) is 0 Å². The summed E-state index contributed by atoms with van der Waals surface area (Å²) < 4.78 is 12.9. The highest BCUT2D eigenvalue weighted by molar-refractivity contribution is 6.31. The first kappa shape index (κ1) is 8.50. The molecule has 0 aliphatic carbocycles. The first-order chi connectivity index (χ1) is 5.25. The zero-order valence-corrected chi connectivity index (χ0v) is 6.74. The van der Waals surface area contributed by atoms with Crippen molar-refractivity contribution in [1.29, 1.82) is 0 Å². The largest absolute Gasteiger partial charge is 0.475 e. The molecular weight excluding hydrogens is 165 g/mol. The fourth-order valence-corrected chi connectivity index (χ4v) is 1.11. The highest BCUT2D eigenvalue weighted by Gasteiger charge is 2.05. The molecule has 2 N–H and O–H groups in total. The molecule has 0 radical (unpaired) electrons. The topological polar surface area (TPSA) is 16.6 Å². The SMILES string of the molecule is [CH2-][NH2+]Cc1c(F)cccc1Cl. The van der Waals surface area contributed by atoms with Crippen LogP contribution in [0.3, 0.4) is 0 Å². The van der Waals surface area contributed by atoms with Crippen molar-refractivity contribution in [2.75, 3.05) is 0 Å². The predicted octanol–water partition coefficient (Wildman–Crippen LogP) is 1.33. The van der Waals surface area contributed by atoms with Gasteiger partial charge in [-0.1, -0.05) is 17.7 Å². The molecule has 0 saturated carbocycles. The van der Waals surface area contributed by atoms with Crippen LogP contribution in [0.1, 0.15) is 5.56 Å². The van der Waals surface area contributed by atoms with Gasteiger partial charge in [-0.2, -0.15) is 7.05 Å². The lowest BCUT2D eigenvalue weighted by atomic mass is 10.2. The van der Waals surface area contributed by atoms with Gasteiger partial charge in [0.2, 0.25) is 0 Å². The van der Waals surface area contributed by atoms with Crippen LogP contribution in [0.4, 0.5) is 4.39 Å². The lowest BCUT2D eigenvalue weighted by molar-refractivity contribution is -0.612. The van der Waals surface area contributed by atoms with E-state index in [1.54, 1.807) is 17.4 Å². The Balaban J connectivity index is 3.00. The Hall–Kier alpha value is -0.600. The Morgan fingerprint density at radius 3 is 2.82 bits per heavy atom. The van der Waals surface area contributed by atoms with Crippen molar-refractivity contribution in [3.05, 3.63) is 41.7 Å². The van der Waals surface area contributed by atoms with E-state index in [9.17, 15) is 4.39 Å². The average Bonchev–Trinajstić information content (AvgIpc) is 1.97. The molecular formula is C8H9ClFN. The smallest absolute Gasteiger partial charge is 0.133 e. The van der Waals surface area contributed by atoms with Gasteiger partial charge >= 0.3 is 0 Å². The predicted molar refractivity (Wildman–Crippen MR) is 42.4 cm³/mol. The molecule has 0 aliphatic rings. The number of nitrogens with two attached hydrogens (primary N) is 1. The van der Waals surface area contributed by atoms with Crippen LogP contribution in [0, 0.1) is 12.9 Å². The number of hydrogen-bond acceptors (Lipinski definition) is 0. The molecule has 0 aliphatic heterocycles. The Labute approximate surface area is 70.2 Å². The van der Waals surface area contributed by atoms with Gasteiger partial charge in [0.25, 0.3) is 0 Å². The molecule has 0 heterocycles. The van der Waals surface area contributed by atoms with Crippen LogP contribution in [-0.2, 0) is 6.54 Å². The summed E-state index contributed by atoms with van der Waals surface area (Å²) in [5.74, 6) is -0.266. The highest BCUT2D eigenvalue weighted by atomic mass is 35.5. The third-order valence-electron chi connectivity index (χ3n) is 1.41. The maximum atomic E-state index is 12.9. The van der Waals surface area contributed by atoms with Crippen LogP contribution in [-0.4, -0.2) is 0 Å². The molecule has 0 fully saturated rings. The quantitative estimate of drug-likeness (QED) is 0.650. The second kappa shape index (κ2) is 3.69. The van der Waals surface area contributed by atoms with Gasteiger partial charge in [0.1, 0.15) is 5.82 Å². The van der Waals surface area contributed by atoms with Crippen molar-refractivity contribution in [3.63, 3.8) is 0 Å². The minimum atomic E-state index is -0.266. The highest BCUT2D eigenvalue weighted by Crippen LogP contribution is 2.17. The number of halogens is 2. The van der Waals surface area contributed by atoms with Gasteiger partial charge in [0.05, 0.1) is 17.1 Å². The summed E-state index contributed by atoms with van der Waals surface area (Å²) in [4.78, 5) is 0. The van der Waals surface area contributed by atoms with Crippen LogP contribution in [0.25, 0.3) is 0 Å². The molecule has 1 nitrogen and oxygen atoms in total. The van der Waals surface area contributed by atoms with Crippen molar-refractivity contribution in [2.24, 2.45) is 0 Å². The second-order valence-corrected chi connectivity index (χ2v) is 2.60. The third-order valence-corrected chi connectivity index (χ3v) is 1.76. The summed E-state index contributed by atoms with van der Waals surface area (Å²) in [6.45, 7) is 0.478. The minimum absolute atomic E-state index is 0.266. The number of quaternary nitrogens is 1. The monoisotopic (exact) mass is 173 g/mol. The fourth-order valence-electron chi connectivity index (χ4n) is 0.872. The molecule has 0 saturated heterocycles. The van der Waals surface area contributed by atoms with Crippen molar-refractivity contribution in [2.45, 2.75) is 6.54 Å². The second-order valence-electron chi connectivity index (χ2n) is 2.19. The van der Waals surface area contributed by atoms with Gasteiger partial charge in [0, 0.05) is 0 Å². The third kappa shape index (κ3) is 1.91. The number of rotatable bonds is 2. The van der Waals surface area contributed by atoms with E-state index < -0.39 is 0 Å². The molecule has 0 unspecified atom stereocenters. The Morgan fingerprint density at radius 2 is 2.27 bits per heavy atom. The summed E-state index contributed by atoms with van der Waals surface area (Å²) in [6.07, 6.45) is 0. The van der Waals surface area contributed by atoms with E-state index >= 15 is 0 Å². The van der Waals surface area contributed by atoms with E-state index in [1.165, 1.54) is 6.07 Å². The summed E-state index contributed by atoms with van der Waals surface area (Å²) in [5.41, 5.74) is 0.518. The van der Waals surface area contributed by atoms with Crippen LogP contribution < -0.4 is 5.32 Å². The molecule has 1 aromatic carbocycles. The number of benzene rings is 1. The molecule has 3 heteroatoms. The molecule has 0 bridgehead atoms. The van der Waals surface area contributed by atoms with Crippen molar-refractivity contribution < 1.29 is 9.71 Å². The standard InChI is InChI=1S/C8H9ClFN/c1-11-5-6-7(9)3-2-4-8(6)10/h2-4H,1,5,11H2. The molecule has 0 aromatic heterocycles. The van der Waals surface area contributed by atoms with Crippen LogP contribution in [0.2, 0.25) is 5.02 Å². The van der Waals surface area contributed by atoms with E-state index in [0.717, 1.165) is 0 Å². The van der Waals surface area contributed by atoms with Crippen molar-refractivity contribution in [1.82, 2.24) is 0 Å². The van der Waals surface area contributed by atoms with Crippen LogP contribution in [0.15, 0.2) is 18.2 Å². The van der Waals surface area contributed by atoms with Crippen LogP contribution in [0.5, 0.6) is 0 Å². The summed E-state index contributed by atoms with van der Waals surface area (Å²) in [5, 5.41) is 2.09. The molecule has 0 amide bonds. The fraction of sp³-hybridized carbons (Fsp3) is 0.125. The summed E-state index contributed by atoms with van der Waals surface area (Å²) >= 11 is 5.72. The normalized spacial score (nSPS) is 10.1. The van der Waals surface area contributed by atoms with Gasteiger partial charge < -0.3 is 5.32 Å². The van der Waals surface area contributed by atoms with Gasteiger partial charge in [-0.3, -0.25) is 0 Å². The van der Waals surface area contributed by atoms with Gasteiger partial charge in [-0.15, -0.1) is 0 Å². The van der Waals surface area contributed by atoms with Gasteiger partial charge in [0.15, 0.2) is 0 Å². The molecule has 11 heavy (non-hydrogen) atoms. The Bertz CT molecular complexity index is 230. The Kier molecular flexibility index (Phi) is 2.85. The molecule has 1 rings (SSSR count). The van der Waals surface area contributed by atoms with Crippen LogP contribution >= 0.6 is 11.6 Å². The van der Waals surface area contributed by atoms with Crippen molar-refractivity contribution in [3.8, 4) is 0 Å². The Morgan fingerprint density at radius 1 is 1.55 bits per heavy atom. The molecule has 1 aromatic rings. The molecule has 60 valence electrons. The zero-order chi connectivity index (χ0) is 8.27. The van der Waals surface area contributed by atoms with E-state index in [4.69, 9.17) is 11.6 Å². The lowest BCUT2D eigenvalue weighted by Crippen LogP contribution is -2.75. The number of hydrogen-bond donors (Lipinski definition) is 1. The molecule has 0 atom stereocenters. The minimum Gasteiger partial charge on any atom is -0.475 e. The van der Waals surface area contributed by atoms with Crippen molar-refractivity contribution >= 4 is 11.6 Å². The summed E-state index contributed by atoms with van der Waals surface area (Å²) in [7, 11) is 3.51.